The molecule has 1 aliphatic rings. The van der Waals surface area contributed by atoms with E-state index in [1.165, 1.54) is 0 Å². The summed E-state index contributed by atoms with van der Waals surface area (Å²) in [4.78, 5) is 42.5. The van der Waals surface area contributed by atoms with Crippen molar-refractivity contribution in [1.29, 1.82) is 0 Å². The van der Waals surface area contributed by atoms with E-state index in [4.69, 9.17) is 0 Å². The third-order valence-electron chi connectivity index (χ3n) is 6.22. The first-order chi connectivity index (χ1) is 14.4. The number of amides is 3. The van der Waals surface area contributed by atoms with Gasteiger partial charge < -0.3 is 15.5 Å². The molecule has 3 atom stereocenters. The van der Waals surface area contributed by atoms with Crippen molar-refractivity contribution in [3.05, 3.63) is 11.6 Å². The fraction of sp³-hybridized carbons (Fsp3) is 0.792. The highest BCUT2D eigenvalue weighted by Crippen LogP contribution is 2.21. The molecule has 0 bridgehead atoms. The number of hydrogen-bond acceptors (Lipinski definition) is 4. The van der Waals surface area contributed by atoms with E-state index in [9.17, 15) is 14.4 Å². The molecule has 1 fully saturated rings. The summed E-state index contributed by atoms with van der Waals surface area (Å²) < 4.78 is 0. The Morgan fingerprint density at radius 3 is 2.13 bits per heavy atom. The van der Waals surface area contributed by atoms with E-state index in [0.29, 0.717) is 5.57 Å². The van der Waals surface area contributed by atoms with Gasteiger partial charge in [0.05, 0.1) is 12.1 Å². The topological polar surface area (TPSA) is 81.8 Å². The normalized spacial score (nSPS) is 20.0. The highest BCUT2D eigenvalue weighted by Gasteiger charge is 2.35. The van der Waals surface area contributed by atoms with Crippen LogP contribution in [0.2, 0.25) is 0 Å². The zero-order valence-corrected chi connectivity index (χ0v) is 21.0. The maximum atomic E-state index is 13.5. The van der Waals surface area contributed by atoms with Gasteiger partial charge in [-0.25, -0.2) is 0 Å². The lowest BCUT2D eigenvalue weighted by Gasteiger charge is -2.39. The standard InChI is InChI=1S/C24H44N4O3/c1-15(2)20(14-18(7)22(29)25-8)27(9)24(31)21(16(3)4)26-23(30)19-12-10-11-13-28(19)17(5)6/h14-17,19-21H,10-13H2,1-9H3,(H,25,29)(H,26,30)/b18-14+/t19?,20-,21?/m1/s1. The predicted octanol–water partition coefficient (Wildman–Crippen LogP) is 2.57. The molecule has 0 radical (unpaired) electrons. The second kappa shape index (κ2) is 12.2. The maximum Gasteiger partial charge on any atom is 0.246 e. The average Bonchev–Trinajstić information content (AvgIpc) is 2.73. The summed E-state index contributed by atoms with van der Waals surface area (Å²) in [6, 6.07) is -0.757. The molecule has 7 heteroatoms. The van der Waals surface area contributed by atoms with Gasteiger partial charge in [-0.15, -0.1) is 0 Å². The number of hydrogen-bond donors (Lipinski definition) is 2. The van der Waals surface area contributed by atoms with Crippen LogP contribution < -0.4 is 10.6 Å². The fourth-order valence-electron chi connectivity index (χ4n) is 4.26. The van der Waals surface area contributed by atoms with E-state index < -0.39 is 6.04 Å². The van der Waals surface area contributed by atoms with Crippen molar-refractivity contribution in [2.24, 2.45) is 11.8 Å². The molecule has 2 N–H and O–H groups in total. The van der Waals surface area contributed by atoms with E-state index in [-0.39, 0.29) is 47.7 Å². The van der Waals surface area contributed by atoms with Crippen LogP contribution >= 0.6 is 0 Å². The Balaban J connectivity index is 3.05. The number of rotatable bonds is 9. The summed E-state index contributed by atoms with van der Waals surface area (Å²) in [5.74, 6) is -0.285. The summed E-state index contributed by atoms with van der Waals surface area (Å²) >= 11 is 0. The largest absolute Gasteiger partial charge is 0.355 e. The lowest BCUT2D eigenvalue weighted by atomic mass is 9.95. The molecule has 0 spiro atoms. The van der Waals surface area contributed by atoms with Gasteiger partial charge in [0.15, 0.2) is 0 Å². The summed E-state index contributed by atoms with van der Waals surface area (Å²) in [5.41, 5.74) is 0.570. The zero-order chi connectivity index (χ0) is 23.9. The van der Waals surface area contributed by atoms with E-state index in [2.05, 4.69) is 29.4 Å². The highest BCUT2D eigenvalue weighted by atomic mass is 16.2. The summed E-state index contributed by atoms with van der Waals surface area (Å²) in [7, 11) is 3.35. The molecular weight excluding hydrogens is 392 g/mol. The molecule has 0 aliphatic carbocycles. The van der Waals surface area contributed by atoms with Gasteiger partial charge >= 0.3 is 0 Å². The van der Waals surface area contributed by atoms with E-state index in [1.54, 1.807) is 25.9 Å². The van der Waals surface area contributed by atoms with Crippen LogP contribution in [0.5, 0.6) is 0 Å². The molecule has 1 heterocycles. The first-order valence-electron chi connectivity index (χ1n) is 11.7. The molecule has 7 nitrogen and oxygen atoms in total. The number of likely N-dealkylation sites (tertiary alicyclic amines) is 1. The second-order valence-electron chi connectivity index (χ2n) is 9.69. The van der Waals surface area contributed by atoms with Gasteiger partial charge in [0, 0.05) is 25.7 Å². The Kier molecular flexibility index (Phi) is 10.7. The lowest BCUT2D eigenvalue weighted by molar-refractivity contribution is -0.140. The molecule has 31 heavy (non-hydrogen) atoms. The van der Waals surface area contributed by atoms with Crippen molar-refractivity contribution in [2.45, 2.75) is 91.9 Å². The molecule has 0 aromatic rings. The minimum Gasteiger partial charge on any atom is -0.355 e. The smallest absolute Gasteiger partial charge is 0.246 e. The summed E-state index contributed by atoms with van der Waals surface area (Å²) in [5, 5.41) is 5.68. The van der Waals surface area contributed by atoms with Crippen molar-refractivity contribution in [3.8, 4) is 0 Å². The SMILES string of the molecule is CNC(=O)/C(C)=C/[C@H](C(C)C)N(C)C(=O)C(NC(=O)C1CCCCN1C(C)C)C(C)C. The van der Waals surface area contributed by atoms with Gasteiger partial charge in [-0.2, -0.15) is 0 Å². The second-order valence-corrected chi connectivity index (χ2v) is 9.69. The molecule has 178 valence electrons. The third kappa shape index (κ3) is 7.34. The van der Waals surface area contributed by atoms with Crippen LogP contribution in [0.3, 0.4) is 0 Å². The van der Waals surface area contributed by atoms with Gasteiger partial charge in [0.2, 0.25) is 17.7 Å². The van der Waals surface area contributed by atoms with Crippen LogP contribution in [-0.4, -0.2) is 72.3 Å². The maximum absolute atomic E-state index is 13.5. The third-order valence-corrected chi connectivity index (χ3v) is 6.22. The predicted molar refractivity (Wildman–Crippen MR) is 125 cm³/mol. The Hall–Kier alpha value is -1.89. The number of carbonyl (C=O) groups excluding carboxylic acids is 3. The quantitative estimate of drug-likeness (QED) is 0.544. The van der Waals surface area contributed by atoms with Crippen molar-refractivity contribution >= 4 is 17.7 Å². The van der Waals surface area contributed by atoms with Crippen molar-refractivity contribution in [1.82, 2.24) is 20.4 Å². The summed E-state index contributed by atoms with van der Waals surface area (Å²) in [6.45, 7) is 14.8. The number of likely N-dealkylation sites (N-methyl/N-ethyl adjacent to an activating group) is 2. The summed E-state index contributed by atoms with van der Waals surface area (Å²) in [6.07, 6.45) is 4.79. The van der Waals surface area contributed by atoms with Gasteiger partial charge in [-0.1, -0.05) is 40.2 Å². The zero-order valence-electron chi connectivity index (χ0n) is 21.0. The highest BCUT2D eigenvalue weighted by molar-refractivity contribution is 5.93. The van der Waals surface area contributed by atoms with Gasteiger partial charge in [-0.05, 0) is 52.0 Å². The number of nitrogens with zero attached hydrogens (tertiary/aromatic N) is 2. The molecule has 1 rings (SSSR count). The van der Waals surface area contributed by atoms with Crippen LogP contribution in [0, 0.1) is 11.8 Å². The molecule has 3 amide bonds. The van der Waals surface area contributed by atoms with Crippen LogP contribution in [0.15, 0.2) is 11.6 Å². The number of carbonyl (C=O) groups is 3. The Morgan fingerprint density at radius 2 is 1.65 bits per heavy atom. The number of piperidine rings is 1. The molecule has 1 aliphatic heterocycles. The molecule has 0 aromatic heterocycles. The van der Waals surface area contributed by atoms with Crippen LogP contribution in [0.1, 0.15) is 67.7 Å². The molecule has 0 saturated carbocycles. The van der Waals surface area contributed by atoms with Crippen LogP contribution in [0.25, 0.3) is 0 Å². The van der Waals surface area contributed by atoms with Crippen LogP contribution in [-0.2, 0) is 14.4 Å². The first-order valence-corrected chi connectivity index (χ1v) is 11.7. The molecule has 1 saturated heterocycles. The fourth-order valence-corrected chi connectivity index (χ4v) is 4.26. The van der Waals surface area contributed by atoms with E-state index in [1.807, 2.05) is 33.8 Å². The van der Waals surface area contributed by atoms with Crippen molar-refractivity contribution < 1.29 is 14.4 Å². The minimum absolute atomic E-state index is 0.0492. The van der Waals surface area contributed by atoms with E-state index >= 15 is 0 Å². The Bertz CT molecular complexity index is 657. The van der Waals surface area contributed by atoms with Crippen molar-refractivity contribution in [2.75, 3.05) is 20.6 Å². The van der Waals surface area contributed by atoms with Crippen LogP contribution in [0.4, 0.5) is 0 Å². The van der Waals surface area contributed by atoms with Gasteiger partial charge in [0.25, 0.3) is 0 Å². The molecule has 0 aromatic carbocycles. The van der Waals surface area contributed by atoms with Crippen molar-refractivity contribution in [3.63, 3.8) is 0 Å². The van der Waals surface area contributed by atoms with E-state index in [0.717, 1.165) is 25.8 Å². The Morgan fingerprint density at radius 1 is 1.03 bits per heavy atom. The monoisotopic (exact) mass is 436 g/mol. The Labute approximate surface area is 189 Å². The minimum atomic E-state index is -0.608. The molecule has 2 unspecified atom stereocenters. The average molecular weight is 437 g/mol. The molecular formula is C24H44N4O3. The lowest BCUT2D eigenvalue weighted by Crippen LogP contribution is -2.58. The van der Waals surface area contributed by atoms with Gasteiger partial charge in [-0.3, -0.25) is 19.3 Å². The number of nitrogens with one attached hydrogen (secondary N) is 2. The van der Waals surface area contributed by atoms with Gasteiger partial charge in [0.1, 0.15) is 6.04 Å². The first kappa shape index (κ1) is 27.1.